The molecule has 1 aliphatic rings. The van der Waals surface area contributed by atoms with Gasteiger partial charge in [0, 0.05) is 23.6 Å². The van der Waals surface area contributed by atoms with E-state index in [1.165, 1.54) is 35.0 Å². The van der Waals surface area contributed by atoms with Crippen LogP contribution in [0.15, 0.2) is 65.0 Å². The maximum atomic E-state index is 12.8. The van der Waals surface area contributed by atoms with Crippen molar-refractivity contribution in [3.8, 4) is 0 Å². The molecule has 1 aromatic heterocycles. The molecule has 0 unspecified atom stereocenters. The Labute approximate surface area is 195 Å². The largest absolute Gasteiger partial charge is 0.463 e. The van der Waals surface area contributed by atoms with Crippen molar-refractivity contribution in [1.29, 1.82) is 0 Å². The van der Waals surface area contributed by atoms with Crippen LogP contribution in [-0.4, -0.2) is 32.3 Å². The van der Waals surface area contributed by atoms with Crippen molar-refractivity contribution in [3.63, 3.8) is 0 Å². The Hall–Kier alpha value is -3.66. The van der Waals surface area contributed by atoms with Gasteiger partial charge in [-0.3, -0.25) is 10.1 Å². The van der Waals surface area contributed by atoms with E-state index >= 15 is 0 Å². The maximum Gasteiger partial charge on any atom is 0.338 e. The molecular weight excluding hydrogens is 442 g/mol. The van der Waals surface area contributed by atoms with Crippen molar-refractivity contribution in [2.45, 2.75) is 37.7 Å². The van der Waals surface area contributed by atoms with Gasteiger partial charge < -0.3 is 10.1 Å². The minimum atomic E-state index is -0.624. The Kier molecular flexibility index (Phi) is 6.45. The molecule has 0 radical (unpaired) electrons. The van der Waals surface area contributed by atoms with E-state index in [9.17, 15) is 14.9 Å². The van der Waals surface area contributed by atoms with Gasteiger partial charge in [-0.05, 0) is 49.6 Å². The molecule has 0 saturated carbocycles. The molecule has 1 N–H and O–H groups in total. The number of hydrogen-bond acceptors (Lipinski definition) is 8. The molecule has 4 rings (SSSR count). The topological polar surface area (TPSA) is 112 Å². The average Bonchev–Trinajstić information content (AvgIpc) is 3.20. The second kappa shape index (κ2) is 9.45. The third kappa shape index (κ3) is 4.61. The number of nitro groups is 1. The molecule has 0 amide bonds. The standard InChI is InChI=1S/C23H23N5O4S/c1-4-32-21(29)19-15(3)24-22-25-23(33-13-17-8-6-5-7-14(17)2)26-27(22)20(19)16-9-11-18(12-10-16)28(30)31/h5-12,20H,4,13H2,1-3H3,(H,24,25,26)/t20-/m0/s1. The highest BCUT2D eigenvalue weighted by Crippen LogP contribution is 2.37. The van der Waals surface area contributed by atoms with Crippen LogP contribution in [0.25, 0.3) is 0 Å². The lowest BCUT2D eigenvalue weighted by molar-refractivity contribution is -0.384. The molecular formula is C23H23N5O4S. The van der Waals surface area contributed by atoms with Crippen LogP contribution in [0.5, 0.6) is 0 Å². The summed E-state index contributed by atoms with van der Waals surface area (Å²) in [5, 5.41) is 19.5. The first-order chi connectivity index (χ1) is 15.9. The number of esters is 1. The Morgan fingerprint density at radius 2 is 1.94 bits per heavy atom. The number of aromatic nitrogens is 3. The number of thioether (sulfide) groups is 1. The summed E-state index contributed by atoms with van der Waals surface area (Å²) in [6, 6.07) is 13.6. The van der Waals surface area contributed by atoms with Gasteiger partial charge in [-0.2, -0.15) is 4.98 Å². The molecule has 0 saturated heterocycles. The summed E-state index contributed by atoms with van der Waals surface area (Å²) in [5.41, 5.74) is 4.02. The Bertz CT molecular complexity index is 1240. The normalized spacial score (nSPS) is 15.1. The van der Waals surface area contributed by atoms with Crippen LogP contribution >= 0.6 is 11.8 Å². The number of fused-ring (bicyclic) bond motifs is 1. The van der Waals surface area contributed by atoms with Crippen molar-refractivity contribution in [1.82, 2.24) is 14.8 Å². The smallest absolute Gasteiger partial charge is 0.338 e. The fourth-order valence-corrected chi connectivity index (χ4v) is 4.57. The Balaban J connectivity index is 1.71. The molecule has 9 nitrogen and oxygen atoms in total. The van der Waals surface area contributed by atoms with E-state index in [1.54, 1.807) is 30.7 Å². The first-order valence-electron chi connectivity index (χ1n) is 10.4. The van der Waals surface area contributed by atoms with Gasteiger partial charge in [0.05, 0.1) is 17.1 Å². The summed E-state index contributed by atoms with van der Waals surface area (Å²) in [6.07, 6.45) is 0. The highest BCUT2D eigenvalue weighted by molar-refractivity contribution is 7.98. The van der Waals surface area contributed by atoms with Gasteiger partial charge >= 0.3 is 5.97 Å². The highest BCUT2D eigenvalue weighted by atomic mass is 32.2. The lowest BCUT2D eigenvalue weighted by Gasteiger charge is -2.28. The van der Waals surface area contributed by atoms with Gasteiger partial charge in [0.15, 0.2) is 0 Å². The van der Waals surface area contributed by atoms with E-state index < -0.39 is 16.9 Å². The number of allylic oxidation sites excluding steroid dienone is 1. The SMILES string of the molecule is CCOC(=O)C1=C(C)Nc2nc(SCc3ccccc3C)nn2[C@H]1c1ccc([N+](=O)[O-])cc1. The zero-order chi connectivity index (χ0) is 23.5. The number of nitrogens with one attached hydrogen (secondary N) is 1. The van der Waals surface area contributed by atoms with Crippen LogP contribution in [0, 0.1) is 17.0 Å². The van der Waals surface area contributed by atoms with E-state index in [2.05, 4.69) is 34.5 Å². The van der Waals surface area contributed by atoms with Crippen molar-refractivity contribution in [2.24, 2.45) is 0 Å². The van der Waals surface area contributed by atoms with Crippen molar-refractivity contribution < 1.29 is 14.5 Å². The average molecular weight is 466 g/mol. The molecule has 10 heteroatoms. The zero-order valence-electron chi connectivity index (χ0n) is 18.4. The van der Waals surface area contributed by atoms with Crippen LogP contribution in [0.2, 0.25) is 0 Å². The number of aryl methyl sites for hydroxylation is 1. The van der Waals surface area contributed by atoms with Gasteiger partial charge in [-0.1, -0.05) is 36.0 Å². The molecule has 33 heavy (non-hydrogen) atoms. The van der Waals surface area contributed by atoms with Crippen LogP contribution in [0.3, 0.4) is 0 Å². The van der Waals surface area contributed by atoms with Crippen LogP contribution in [0.1, 0.15) is 36.6 Å². The first-order valence-corrected chi connectivity index (χ1v) is 11.4. The second-order valence-corrected chi connectivity index (χ2v) is 8.46. The molecule has 0 spiro atoms. The number of nitrogens with zero attached hydrogens (tertiary/aromatic N) is 4. The number of carbonyl (C=O) groups is 1. The minimum absolute atomic E-state index is 0.0284. The molecule has 2 heterocycles. The minimum Gasteiger partial charge on any atom is -0.463 e. The van der Waals surface area contributed by atoms with Crippen molar-refractivity contribution in [2.75, 3.05) is 11.9 Å². The quantitative estimate of drug-likeness (QED) is 0.232. The van der Waals surface area contributed by atoms with Crippen LogP contribution in [0.4, 0.5) is 11.6 Å². The summed E-state index contributed by atoms with van der Waals surface area (Å²) in [4.78, 5) is 28.1. The lowest BCUT2D eigenvalue weighted by Crippen LogP contribution is -2.29. The molecule has 170 valence electrons. The summed E-state index contributed by atoms with van der Waals surface area (Å²) in [6.45, 7) is 5.81. The van der Waals surface area contributed by atoms with Crippen LogP contribution < -0.4 is 5.32 Å². The lowest BCUT2D eigenvalue weighted by atomic mass is 9.95. The molecule has 1 aliphatic heterocycles. The molecule has 1 atom stereocenters. The van der Waals surface area contributed by atoms with Gasteiger partial charge in [0.1, 0.15) is 6.04 Å². The summed E-state index contributed by atoms with van der Waals surface area (Å²) >= 11 is 1.50. The number of benzene rings is 2. The highest BCUT2D eigenvalue weighted by Gasteiger charge is 2.35. The van der Waals surface area contributed by atoms with Crippen LogP contribution in [-0.2, 0) is 15.3 Å². The number of ether oxygens (including phenoxy) is 1. The van der Waals surface area contributed by atoms with Gasteiger partial charge in [-0.15, -0.1) is 5.10 Å². The predicted octanol–water partition coefficient (Wildman–Crippen LogP) is 4.64. The van der Waals surface area contributed by atoms with Gasteiger partial charge in [0.25, 0.3) is 5.69 Å². The van der Waals surface area contributed by atoms with Gasteiger partial charge in [0.2, 0.25) is 11.1 Å². The maximum absolute atomic E-state index is 12.8. The summed E-state index contributed by atoms with van der Waals surface area (Å²) < 4.78 is 6.93. The van der Waals surface area contributed by atoms with Gasteiger partial charge in [-0.25, -0.2) is 9.48 Å². The number of anilines is 1. The number of rotatable bonds is 7. The Morgan fingerprint density at radius 1 is 1.21 bits per heavy atom. The molecule has 0 bridgehead atoms. The fourth-order valence-electron chi connectivity index (χ4n) is 3.67. The summed E-state index contributed by atoms with van der Waals surface area (Å²) in [7, 11) is 0. The number of carbonyl (C=O) groups excluding carboxylic acids is 1. The number of hydrogen-bond donors (Lipinski definition) is 1. The molecule has 0 aliphatic carbocycles. The molecule has 3 aromatic rings. The fraction of sp³-hybridized carbons (Fsp3) is 0.261. The van der Waals surface area contributed by atoms with Crippen molar-refractivity contribution >= 4 is 29.4 Å². The van der Waals surface area contributed by atoms with E-state index in [-0.39, 0.29) is 12.3 Å². The molecule has 2 aromatic carbocycles. The third-order valence-corrected chi connectivity index (χ3v) is 6.25. The number of nitro benzene ring substituents is 1. The van der Waals surface area contributed by atoms with E-state index in [4.69, 9.17) is 4.74 Å². The van der Waals surface area contributed by atoms with E-state index in [0.29, 0.717) is 33.7 Å². The molecule has 0 fully saturated rings. The predicted molar refractivity (Wildman–Crippen MR) is 125 cm³/mol. The summed E-state index contributed by atoms with van der Waals surface area (Å²) in [5.74, 6) is 0.729. The number of non-ortho nitro benzene ring substituents is 1. The first kappa shape index (κ1) is 22.5. The third-order valence-electron chi connectivity index (χ3n) is 5.37. The zero-order valence-corrected chi connectivity index (χ0v) is 19.3. The second-order valence-electron chi connectivity index (χ2n) is 7.51. The van der Waals surface area contributed by atoms with E-state index in [0.717, 1.165) is 0 Å². The van der Waals surface area contributed by atoms with Crippen molar-refractivity contribution in [3.05, 3.63) is 86.6 Å². The monoisotopic (exact) mass is 465 g/mol. The Morgan fingerprint density at radius 3 is 2.61 bits per heavy atom. The van der Waals surface area contributed by atoms with E-state index in [1.807, 2.05) is 12.1 Å².